The third-order valence-corrected chi connectivity index (χ3v) is 4.71. The van der Waals surface area contributed by atoms with E-state index in [9.17, 15) is 29.4 Å². The Morgan fingerprint density at radius 3 is 2.50 bits per heavy atom. The summed E-state index contributed by atoms with van der Waals surface area (Å²) < 4.78 is 31.4. The third-order valence-electron chi connectivity index (χ3n) is 4.71. The van der Waals surface area contributed by atoms with Crippen molar-refractivity contribution in [1.29, 1.82) is 0 Å². The standard InChI is InChI=1S/C19H33N3O12/c1-5-30-19(28)22-20-6-14(34-18(31-9-25)13(8-24)29-4)33-17-15(21-11(3)26)10(2)32-12(7-23)16(17)27/h8-10,12-18,20,23,27H,5-7H2,1-4H3,(H,21,26)(H,22,28)/t10-,12?,13?,14+,15?,16-,17?,18?/m0/s1. The van der Waals surface area contributed by atoms with Crippen molar-refractivity contribution < 1.29 is 57.8 Å². The van der Waals surface area contributed by atoms with Gasteiger partial charge in [0.05, 0.1) is 31.9 Å². The summed E-state index contributed by atoms with van der Waals surface area (Å²) >= 11 is 0. The van der Waals surface area contributed by atoms with Crippen molar-refractivity contribution in [2.24, 2.45) is 0 Å². The summed E-state index contributed by atoms with van der Waals surface area (Å²) in [6.45, 7) is 3.77. The smallest absolute Gasteiger partial charge is 0.421 e. The molecular weight excluding hydrogens is 462 g/mol. The molecule has 15 nitrogen and oxygen atoms in total. The maximum atomic E-state index is 11.7. The summed E-state index contributed by atoms with van der Waals surface area (Å²) in [7, 11) is 1.18. The van der Waals surface area contributed by atoms with E-state index in [4.69, 9.17) is 28.4 Å². The highest BCUT2D eigenvalue weighted by atomic mass is 16.8. The number of aldehydes is 1. The van der Waals surface area contributed by atoms with E-state index in [2.05, 4.69) is 16.2 Å². The van der Waals surface area contributed by atoms with Crippen LogP contribution in [0.2, 0.25) is 0 Å². The molecule has 1 heterocycles. The molecule has 5 unspecified atom stereocenters. The van der Waals surface area contributed by atoms with Gasteiger partial charge in [0.15, 0.2) is 18.7 Å². The molecule has 1 aliphatic heterocycles. The minimum Gasteiger partial charge on any atom is -0.449 e. The van der Waals surface area contributed by atoms with Gasteiger partial charge in [0.2, 0.25) is 12.2 Å². The fourth-order valence-electron chi connectivity index (χ4n) is 3.18. The number of carbonyl (C=O) groups is 4. The summed E-state index contributed by atoms with van der Waals surface area (Å²) in [6.07, 6.45) is -9.09. The summed E-state index contributed by atoms with van der Waals surface area (Å²) in [5.74, 6) is -0.439. The number of nitrogens with one attached hydrogen (secondary N) is 3. The lowest BCUT2D eigenvalue weighted by Gasteiger charge is -2.44. The average Bonchev–Trinajstić information content (AvgIpc) is 2.79. The van der Waals surface area contributed by atoms with Crippen LogP contribution >= 0.6 is 0 Å². The van der Waals surface area contributed by atoms with Crippen LogP contribution in [0.5, 0.6) is 0 Å². The van der Waals surface area contributed by atoms with Crippen LogP contribution in [0.25, 0.3) is 0 Å². The van der Waals surface area contributed by atoms with Gasteiger partial charge >= 0.3 is 6.09 Å². The molecule has 0 aromatic carbocycles. The first-order valence-electron chi connectivity index (χ1n) is 10.5. The van der Waals surface area contributed by atoms with Gasteiger partial charge in [0, 0.05) is 14.0 Å². The molecule has 34 heavy (non-hydrogen) atoms. The minimum absolute atomic E-state index is 0.0365. The monoisotopic (exact) mass is 495 g/mol. The van der Waals surface area contributed by atoms with Gasteiger partial charge in [-0.05, 0) is 13.8 Å². The van der Waals surface area contributed by atoms with E-state index < -0.39 is 67.7 Å². The molecule has 0 saturated carbocycles. The van der Waals surface area contributed by atoms with Crippen LogP contribution < -0.4 is 16.2 Å². The quantitative estimate of drug-likeness (QED) is 0.0895. The highest BCUT2D eigenvalue weighted by Gasteiger charge is 2.46. The molecule has 0 aromatic heterocycles. The lowest BCUT2D eigenvalue weighted by molar-refractivity contribution is -0.294. The van der Waals surface area contributed by atoms with Crippen molar-refractivity contribution >= 4 is 24.8 Å². The molecule has 8 atom stereocenters. The molecule has 15 heteroatoms. The zero-order valence-corrected chi connectivity index (χ0v) is 19.4. The van der Waals surface area contributed by atoms with Crippen molar-refractivity contribution in [1.82, 2.24) is 16.2 Å². The normalized spacial score (nSPS) is 27.1. The van der Waals surface area contributed by atoms with E-state index in [1.165, 1.54) is 14.0 Å². The predicted octanol–water partition coefficient (Wildman–Crippen LogP) is -2.68. The first-order valence-corrected chi connectivity index (χ1v) is 10.5. The topological polar surface area (TPSA) is 200 Å². The number of carbonyl (C=O) groups excluding carboxylic acids is 4. The first-order chi connectivity index (χ1) is 16.2. The molecule has 0 bridgehead atoms. The molecule has 1 aliphatic rings. The fraction of sp³-hybridized carbons (Fsp3) is 0.789. The number of hydrogen-bond donors (Lipinski definition) is 5. The number of rotatable bonds is 15. The highest BCUT2D eigenvalue weighted by Crippen LogP contribution is 2.25. The van der Waals surface area contributed by atoms with Gasteiger partial charge in [-0.1, -0.05) is 0 Å². The predicted molar refractivity (Wildman–Crippen MR) is 111 cm³/mol. The Labute approximate surface area is 196 Å². The summed E-state index contributed by atoms with van der Waals surface area (Å²) in [5.41, 5.74) is 4.71. The van der Waals surface area contributed by atoms with Crippen LogP contribution in [0.4, 0.5) is 4.79 Å². The van der Waals surface area contributed by atoms with Crippen molar-refractivity contribution in [3.63, 3.8) is 0 Å². The van der Waals surface area contributed by atoms with Crippen LogP contribution in [0.15, 0.2) is 0 Å². The lowest BCUT2D eigenvalue weighted by Crippen LogP contribution is -2.65. The van der Waals surface area contributed by atoms with Crippen LogP contribution in [0.1, 0.15) is 20.8 Å². The summed E-state index contributed by atoms with van der Waals surface area (Å²) in [6, 6.07) is -0.880. The van der Waals surface area contributed by atoms with Crippen LogP contribution in [-0.4, -0.2) is 111 Å². The fourth-order valence-corrected chi connectivity index (χ4v) is 3.18. The second kappa shape index (κ2) is 15.5. The SMILES string of the molecule is CCOC(=O)NNC[C@@H](OC(OC=O)C(C=O)OC)OC1C(NC(C)=O)[C@H](C)OC(CO)[C@@H]1O. The van der Waals surface area contributed by atoms with Gasteiger partial charge in [-0.2, -0.15) is 0 Å². The number of amides is 2. The number of hydrazine groups is 1. The Morgan fingerprint density at radius 1 is 1.26 bits per heavy atom. The third kappa shape index (κ3) is 9.09. The van der Waals surface area contributed by atoms with Crippen LogP contribution in [0.3, 0.4) is 0 Å². The second-order valence-corrected chi connectivity index (χ2v) is 7.11. The van der Waals surface area contributed by atoms with E-state index >= 15 is 0 Å². The van der Waals surface area contributed by atoms with Gasteiger partial charge in [-0.25, -0.2) is 10.2 Å². The molecule has 0 aromatic rings. The number of aliphatic hydroxyl groups is 2. The molecule has 0 spiro atoms. The van der Waals surface area contributed by atoms with Crippen LogP contribution in [-0.2, 0) is 42.8 Å². The van der Waals surface area contributed by atoms with Gasteiger partial charge in [0.25, 0.3) is 6.47 Å². The zero-order chi connectivity index (χ0) is 25.7. The van der Waals surface area contributed by atoms with Gasteiger partial charge in [-0.15, -0.1) is 0 Å². The van der Waals surface area contributed by atoms with E-state index in [1.54, 1.807) is 13.8 Å². The minimum atomic E-state index is -1.56. The Hall–Kier alpha value is -2.40. The zero-order valence-electron chi connectivity index (χ0n) is 19.4. The Morgan fingerprint density at radius 2 is 1.97 bits per heavy atom. The van der Waals surface area contributed by atoms with Crippen molar-refractivity contribution in [3.05, 3.63) is 0 Å². The highest BCUT2D eigenvalue weighted by molar-refractivity contribution is 5.73. The summed E-state index contributed by atoms with van der Waals surface area (Å²) in [5, 5.41) is 22.9. The molecule has 1 rings (SSSR count). The Bertz CT molecular complexity index is 654. The molecule has 1 saturated heterocycles. The van der Waals surface area contributed by atoms with Gasteiger partial charge < -0.3 is 48.7 Å². The maximum absolute atomic E-state index is 11.7. The van der Waals surface area contributed by atoms with Crippen molar-refractivity contribution in [2.45, 2.75) is 69.9 Å². The molecule has 0 aliphatic carbocycles. The van der Waals surface area contributed by atoms with Gasteiger partial charge in [-0.3, -0.25) is 15.0 Å². The van der Waals surface area contributed by atoms with E-state index in [0.29, 0.717) is 6.29 Å². The largest absolute Gasteiger partial charge is 0.449 e. The van der Waals surface area contributed by atoms with Crippen LogP contribution in [0, 0.1) is 0 Å². The van der Waals surface area contributed by atoms with E-state index in [1.807, 2.05) is 0 Å². The Balaban J connectivity index is 3.14. The lowest BCUT2D eigenvalue weighted by atomic mass is 9.93. The molecular formula is C19H33N3O12. The average molecular weight is 495 g/mol. The Kier molecular flexibility index (Phi) is 13.5. The molecule has 5 N–H and O–H groups in total. The summed E-state index contributed by atoms with van der Waals surface area (Å²) in [4.78, 5) is 45.5. The molecule has 1 fully saturated rings. The molecule has 2 amide bonds. The van der Waals surface area contributed by atoms with Crippen molar-refractivity contribution in [2.75, 3.05) is 26.9 Å². The van der Waals surface area contributed by atoms with Crippen molar-refractivity contribution in [3.8, 4) is 0 Å². The second-order valence-electron chi connectivity index (χ2n) is 7.11. The number of aliphatic hydroxyl groups excluding tert-OH is 2. The van der Waals surface area contributed by atoms with E-state index in [0.717, 1.165) is 0 Å². The maximum Gasteiger partial charge on any atom is 0.421 e. The van der Waals surface area contributed by atoms with E-state index in [-0.39, 0.29) is 19.6 Å². The number of methoxy groups -OCH3 is 1. The molecule has 0 radical (unpaired) electrons. The number of hydrogen-bond acceptors (Lipinski definition) is 13. The first kappa shape index (κ1) is 29.6. The number of ether oxygens (including phenoxy) is 6. The van der Waals surface area contributed by atoms with Gasteiger partial charge in [0.1, 0.15) is 18.3 Å². The molecule has 196 valence electrons.